The summed E-state index contributed by atoms with van der Waals surface area (Å²) in [6.07, 6.45) is 4.95. The maximum absolute atomic E-state index is 11.7. The Morgan fingerprint density at radius 1 is 0.891 bits per heavy atom. The van der Waals surface area contributed by atoms with Gasteiger partial charge in [-0.15, -0.1) is 46.2 Å². The third-order valence-electron chi connectivity index (χ3n) is 8.66. The summed E-state index contributed by atoms with van der Waals surface area (Å²) in [6, 6.07) is 18.5. The molecule has 0 spiro atoms. The molecule has 5 aromatic rings. The van der Waals surface area contributed by atoms with Crippen molar-refractivity contribution >= 4 is 37.4 Å². The number of rotatable bonds is 9. The Balaban J connectivity index is 0.000000322. The third-order valence-corrected chi connectivity index (χ3v) is 9.89. The Morgan fingerprint density at radius 3 is 2.09 bits per heavy atom. The quantitative estimate of drug-likeness (QED) is 0.0915. The number of fused-ring (bicyclic) bond motifs is 3. The van der Waals surface area contributed by atoms with E-state index < -0.39 is 0 Å². The molecule has 0 fully saturated rings. The molecule has 1 N–H and O–H groups in total. The molecule has 1 radical (unpaired) electrons. The van der Waals surface area contributed by atoms with Crippen LogP contribution in [0.25, 0.3) is 42.7 Å². The van der Waals surface area contributed by atoms with Crippen molar-refractivity contribution in [1.29, 1.82) is 0 Å². The standard InChI is InChI=1S/C27H23N2S.C13H24O2.Ir/c1-15-9-16(2)13-20(12-15)24-27-25(29-14-28-24)22-8-6-7-21(26(22)30-27)23-18(4)10-17(3)11-19(23)5;1-5-10(6-2)12(14)9-13(15)11(7-3)8-4;/h6-12,14H,1-5H3;9-11,14H,5-8H2,1-4H3;/q-1;;/b;12-9-;/i14D;;. The smallest absolute Gasteiger partial charge is 0.162 e. The second kappa shape index (κ2) is 16.6. The van der Waals surface area contributed by atoms with Gasteiger partial charge in [-0.25, -0.2) is 4.98 Å². The Kier molecular flexibility index (Phi) is 12.9. The summed E-state index contributed by atoms with van der Waals surface area (Å²) in [7, 11) is 0. The Labute approximate surface area is 294 Å². The largest absolute Gasteiger partial charge is 0.512 e. The topological polar surface area (TPSA) is 63.1 Å². The molecule has 6 heteroatoms. The fraction of sp³-hybridized carbons (Fsp3) is 0.375. The van der Waals surface area contributed by atoms with Gasteiger partial charge in [-0.2, -0.15) is 0 Å². The number of carbonyl (C=O) groups excluding carboxylic acids is 1. The number of carbonyl (C=O) groups is 1. The zero-order chi connectivity index (χ0) is 33.7. The van der Waals surface area contributed by atoms with E-state index in [0.29, 0.717) is 0 Å². The number of ketones is 1. The van der Waals surface area contributed by atoms with E-state index in [-0.39, 0.29) is 49.8 Å². The summed E-state index contributed by atoms with van der Waals surface area (Å²) in [4.78, 5) is 20.8. The van der Waals surface area contributed by atoms with Gasteiger partial charge in [0.15, 0.2) is 5.78 Å². The van der Waals surface area contributed by atoms with Crippen molar-refractivity contribution in [2.45, 2.75) is 88.0 Å². The summed E-state index contributed by atoms with van der Waals surface area (Å²) in [5.74, 6) is 0.547. The molecule has 0 atom stereocenters. The first-order valence-electron chi connectivity index (χ1n) is 16.6. The predicted molar refractivity (Wildman–Crippen MR) is 192 cm³/mol. The van der Waals surface area contributed by atoms with Gasteiger partial charge < -0.3 is 5.11 Å². The number of aromatic nitrogens is 2. The van der Waals surface area contributed by atoms with Crippen LogP contribution in [0.1, 0.15) is 82.6 Å². The fourth-order valence-electron chi connectivity index (χ4n) is 6.34. The normalized spacial score (nSPS) is 11.9. The average Bonchev–Trinajstić information content (AvgIpc) is 3.36. The van der Waals surface area contributed by atoms with Crippen molar-refractivity contribution in [3.8, 4) is 22.4 Å². The minimum atomic E-state index is 0. The molecule has 0 aliphatic carbocycles. The van der Waals surface area contributed by atoms with E-state index in [1.807, 2.05) is 34.6 Å². The molecule has 0 unspecified atom stereocenters. The van der Waals surface area contributed by atoms with E-state index in [1.165, 1.54) is 38.6 Å². The molecular formula is C40H47IrN2O2S-. The van der Waals surface area contributed by atoms with Gasteiger partial charge in [-0.3, -0.25) is 9.78 Å². The average molecular weight is 813 g/mol. The third kappa shape index (κ3) is 8.20. The van der Waals surface area contributed by atoms with E-state index in [2.05, 4.69) is 86.2 Å². The maximum Gasteiger partial charge on any atom is 0.162 e. The molecular weight excluding hydrogens is 765 g/mol. The molecule has 46 heavy (non-hydrogen) atoms. The Bertz CT molecular complexity index is 1860. The van der Waals surface area contributed by atoms with Crippen LogP contribution >= 0.6 is 11.3 Å². The van der Waals surface area contributed by atoms with Crippen LogP contribution in [-0.4, -0.2) is 20.9 Å². The molecule has 2 heterocycles. The first kappa shape index (κ1) is 35.7. The number of aliphatic hydroxyl groups is 1. The van der Waals surface area contributed by atoms with Crippen LogP contribution in [0.15, 0.2) is 60.6 Å². The zero-order valence-corrected chi connectivity index (χ0v) is 31.8. The van der Waals surface area contributed by atoms with E-state index in [4.69, 9.17) is 1.37 Å². The van der Waals surface area contributed by atoms with Gasteiger partial charge >= 0.3 is 0 Å². The number of aliphatic hydroxyl groups excluding tert-OH is 1. The molecule has 0 saturated heterocycles. The van der Waals surface area contributed by atoms with Crippen molar-refractivity contribution in [2.24, 2.45) is 11.8 Å². The molecule has 0 amide bonds. The summed E-state index contributed by atoms with van der Waals surface area (Å²) < 4.78 is 10.5. The SMILES string of the molecule is CCC(CC)C(=O)/C=C(\O)C(CC)CC.[2H]c1nc(-c2[c-]c(C)cc(C)c2)c2sc3c(-c4c(C)cc(C)cc4C)cccc3c2n1.[Ir]. The van der Waals surface area contributed by atoms with Gasteiger partial charge in [0.25, 0.3) is 0 Å². The summed E-state index contributed by atoms with van der Waals surface area (Å²) >= 11 is 1.72. The van der Waals surface area contributed by atoms with Gasteiger partial charge in [0.05, 0.1) is 11.3 Å². The zero-order valence-electron chi connectivity index (χ0n) is 29.6. The van der Waals surface area contributed by atoms with Crippen LogP contribution in [-0.2, 0) is 24.9 Å². The van der Waals surface area contributed by atoms with Crippen molar-refractivity contribution in [3.05, 3.63) is 94.5 Å². The molecule has 0 saturated carbocycles. The molecule has 0 bridgehead atoms. The summed E-state index contributed by atoms with van der Waals surface area (Å²) in [5, 5.41) is 10.8. The van der Waals surface area contributed by atoms with Gasteiger partial charge in [0.1, 0.15) is 7.67 Å². The molecule has 0 aliphatic rings. The first-order valence-corrected chi connectivity index (χ1v) is 17.0. The number of thiophene rings is 1. The Morgan fingerprint density at radius 2 is 1.50 bits per heavy atom. The number of hydrogen-bond acceptors (Lipinski definition) is 5. The predicted octanol–water partition coefficient (Wildman–Crippen LogP) is 11.4. The van der Waals surface area contributed by atoms with Gasteiger partial charge in [0.2, 0.25) is 0 Å². The van der Waals surface area contributed by atoms with Crippen LogP contribution in [0.3, 0.4) is 0 Å². The molecule has 245 valence electrons. The van der Waals surface area contributed by atoms with Crippen LogP contribution in [0, 0.1) is 52.5 Å². The first-order chi connectivity index (χ1) is 21.9. The fourth-order valence-corrected chi connectivity index (χ4v) is 7.60. The van der Waals surface area contributed by atoms with Crippen LogP contribution < -0.4 is 0 Å². The molecule has 2 aromatic heterocycles. The van der Waals surface area contributed by atoms with Crippen molar-refractivity contribution in [1.82, 2.24) is 9.97 Å². The van der Waals surface area contributed by atoms with Gasteiger partial charge in [-0.1, -0.05) is 77.4 Å². The number of allylic oxidation sites excluding steroid dienone is 2. The number of aryl methyl sites for hydroxylation is 5. The second-order valence-electron chi connectivity index (χ2n) is 12.2. The molecule has 4 nitrogen and oxygen atoms in total. The van der Waals surface area contributed by atoms with E-state index in [0.717, 1.165) is 63.7 Å². The van der Waals surface area contributed by atoms with Crippen LogP contribution in [0.4, 0.5) is 0 Å². The van der Waals surface area contributed by atoms with E-state index in [9.17, 15) is 9.90 Å². The van der Waals surface area contributed by atoms with Crippen molar-refractivity contribution < 1.29 is 31.4 Å². The minimum Gasteiger partial charge on any atom is -0.512 e. The number of hydrogen-bond donors (Lipinski definition) is 1. The van der Waals surface area contributed by atoms with E-state index >= 15 is 0 Å². The molecule has 0 aliphatic heterocycles. The van der Waals surface area contributed by atoms with Gasteiger partial charge in [0, 0.05) is 64.1 Å². The van der Waals surface area contributed by atoms with Crippen molar-refractivity contribution in [3.63, 3.8) is 0 Å². The minimum absolute atomic E-state index is 0. The molecule has 5 rings (SSSR count). The Hall–Kier alpha value is -3.18. The second-order valence-corrected chi connectivity index (χ2v) is 13.2. The van der Waals surface area contributed by atoms with Crippen molar-refractivity contribution in [2.75, 3.05) is 0 Å². The summed E-state index contributed by atoms with van der Waals surface area (Å²) in [5.41, 5.74) is 11.1. The molecule has 3 aromatic carbocycles. The maximum atomic E-state index is 11.7. The number of benzene rings is 3. The summed E-state index contributed by atoms with van der Waals surface area (Å²) in [6.45, 7) is 18.7. The van der Waals surface area contributed by atoms with Crippen LogP contribution in [0.2, 0.25) is 0 Å². The van der Waals surface area contributed by atoms with Gasteiger partial charge in [-0.05, 0) is 63.1 Å². The number of nitrogens with zero attached hydrogens (tertiary/aromatic N) is 2. The van der Waals surface area contributed by atoms with Crippen LogP contribution in [0.5, 0.6) is 0 Å². The monoisotopic (exact) mass is 813 g/mol. The van der Waals surface area contributed by atoms with E-state index in [1.54, 1.807) is 11.3 Å².